The maximum atomic E-state index is 9.19. The van der Waals surface area contributed by atoms with Crippen molar-refractivity contribution in [3.05, 3.63) is 28.8 Å². The summed E-state index contributed by atoms with van der Waals surface area (Å²) < 4.78 is 0. The van der Waals surface area contributed by atoms with E-state index in [1.165, 1.54) is 0 Å². The highest BCUT2D eigenvalue weighted by Crippen LogP contribution is 2.20. The Labute approximate surface area is 65.7 Å². The van der Waals surface area contributed by atoms with E-state index in [0.29, 0.717) is 5.56 Å². The van der Waals surface area contributed by atoms with Gasteiger partial charge in [-0.25, -0.2) is 0 Å². The molecule has 0 heterocycles. The number of phenolic OH excluding ortho intramolecular Hbond substituents is 1. The van der Waals surface area contributed by atoms with Gasteiger partial charge in [-0.05, 0) is 37.1 Å². The molecule has 0 aromatic heterocycles. The van der Waals surface area contributed by atoms with E-state index < -0.39 is 0 Å². The van der Waals surface area contributed by atoms with E-state index >= 15 is 0 Å². The third-order valence-corrected chi connectivity index (χ3v) is 1.73. The molecule has 56 valence electrons. The maximum Gasteiger partial charge on any atom is 0.133 e. The molecule has 0 bridgehead atoms. The van der Waals surface area contributed by atoms with Crippen LogP contribution in [0.1, 0.15) is 16.7 Å². The van der Waals surface area contributed by atoms with Gasteiger partial charge in [0.25, 0.3) is 0 Å². The van der Waals surface area contributed by atoms with Gasteiger partial charge in [-0.3, -0.25) is 0 Å². The topological polar surface area (TPSA) is 44.0 Å². The third kappa shape index (κ3) is 1.32. The van der Waals surface area contributed by atoms with Crippen molar-refractivity contribution in [2.24, 2.45) is 0 Å². The van der Waals surface area contributed by atoms with Gasteiger partial charge in [-0.2, -0.15) is 5.26 Å². The first-order valence-electron chi connectivity index (χ1n) is 3.35. The molecule has 0 radical (unpaired) electrons. The first-order chi connectivity index (χ1) is 5.15. The summed E-state index contributed by atoms with van der Waals surface area (Å²) in [5.74, 6) is 0.0654. The van der Waals surface area contributed by atoms with Gasteiger partial charge in [0, 0.05) is 0 Å². The largest absolute Gasteiger partial charge is 0.507 e. The van der Waals surface area contributed by atoms with Crippen molar-refractivity contribution < 1.29 is 5.11 Å². The zero-order valence-electron chi connectivity index (χ0n) is 6.55. The van der Waals surface area contributed by atoms with E-state index in [2.05, 4.69) is 0 Å². The van der Waals surface area contributed by atoms with Crippen molar-refractivity contribution in [1.29, 1.82) is 5.26 Å². The zero-order valence-corrected chi connectivity index (χ0v) is 6.55. The minimum Gasteiger partial charge on any atom is -0.507 e. The fraction of sp³-hybridized carbons (Fsp3) is 0.222. The summed E-state index contributed by atoms with van der Waals surface area (Å²) in [6.45, 7) is 3.81. The molecule has 0 aliphatic heterocycles. The van der Waals surface area contributed by atoms with E-state index in [-0.39, 0.29) is 5.75 Å². The number of rotatable bonds is 0. The van der Waals surface area contributed by atoms with Crippen molar-refractivity contribution >= 4 is 0 Å². The lowest BCUT2D eigenvalue weighted by Crippen LogP contribution is -1.83. The molecule has 1 aromatic rings. The number of aryl methyl sites for hydroxylation is 2. The predicted molar refractivity (Wildman–Crippen MR) is 42.3 cm³/mol. The first-order valence-corrected chi connectivity index (χ1v) is 3.35. The average Bonchev–Trinajstić information content (AvgIpc) is 1.97. The zero-order chi connectivity index (χ0) is 8.43. The Bertz CT molecular complexity index is 323. The smallest absolute Gasteiger partial charge is 0.133 e. The summed E-state index contributed by atoms with van der Waals surface area (Å²) in [5.41, 5.74) is 2.37. The molecule has 0 unspecified atom stereocenters. The van der Waals surface area contributed by atoms with Gasteiger partial charge in [0.1, 0.15) is 11.8 Å². The lowest BCUT2D eigenvalue weighted by molar-refractivity contribution is 0.473. The first kappa shape index (κ1) is 7.62. The van der Waals surface area contributed by atoms with Crippen LogP contribution < -0.4 is 0 Å². The lowest BCUT2D eigenvalue weighted by Gasteiger charge is -2.01. The third-order valence-electron chi connectivity index (χ3n) is 1.73. The minimum absolute atomic E-state index is 0.0654. The van der Waals surface area contributed by atoms with Crippen molar-refractivity contribution in [3.63, 3.8) is 0 Å². The summed E-state index contributed by atoms with van der Waals surface area (Å²) in [5, 5.41) is 17.7. The lowest BCUT2D eigenvalue weighted by atomic mass is 10.1. The van der Waals surface area contributed by atoms with E-state index in [4.69, 9.17) is 5.26 Å². The van der Waals surface area contributed by atoms with Crippen LogP contribution in [-0.4, -0.2) is 5.11 Å². The Kier molecular flexibility index (Phi) is 1.82. The van der Waals surface area contributed by atoms with Crippen molar-refractivity contribution in [2.75, 3.05) is 0 Å². The number of benzene rings is 1. The Morgan fingerprint density at radius 2 is 1.82 bits per heavy atom. The van der Waals surface area contributed by atoms with Crippen LogP contribution in [0.2, 0.25) is 0 Å². The molecule has 0 saturated heterocycles. The van der Waals surface area contributed by atoms with E-state index in [0.717, 1.165) is 11.1 Å². The number of phenols is 1. The van der Waals surface area contributed by atoms with Gasteiger partial charge < -0.3 is 5.11 Å². The summed E-state index contributed by atoms with van der Waals surface area (Å²) in [6.07, 6.45) is 0. The average molecular weight is 147 g/mol. The Balaban J connectivity index is 3.35. The molecule has 0 saturated carbocycles. The van der Waals surface area contributed by atoms with Gasteiger partial charge in [0.2, 0.25) is 0 Å². The highest BCUT2D eigenvalue weighted by molar-refractivity contribution is 5.47. The minimum atomic E-state index is 0.0654. The molecule has 1 aromatic carbocycles. The molecular weight excluding hydrogens is 138 g/mol. The summed E-state index contributed by atoms with van der Waals surface area (Å²) in [7, 11) is 0. The standard InChI is InChI=1S/C9H9NO/c1-6-3-8(5-10)9(11)4-7(6)2/h3-4,11H,1-2H3. The molecule has 0 aliphatic rings. The van der Waals surface area contributed by atoms with Gasteiger partial charge in [0.15, 0.2) is 0 Å². The van der Waals surface area contributed by atoms with Crippen LogP contribution in [0.5, 0.6) is 5.75 Å². The van der Waals surface area contributed by atoms with Gasteiger partial charge in [0.05, 0.1) is 5.56 Å². The number of hydrogen-bond donors (Lipinski definition) is 1. The molecule has 2 nitrogen and oxygen atoms in total. The maximum absolute atomic E-state index is 9.19. The summed E-state index contributed by atoms with van der Waals surface area (Å²) in [6, 6.07) is 5.20. The molecule has 0 amide bonds. The summed E-state index contributed by atoms with van der Waals surface area (Å²) in [4.78, 5) is 0. The van der Waals surface area contributed by atoms with Crippen LogP contribution in [0.15, 0.2) is 12.1 Å². The van der Waals surface area contributed by atoms with E-state index in [1.54, 1.807) is 12.1 Å². The summed E-state index contributed by atoms with van der Waals surface area (Å²) >= 11 is 0. The molecule has 2 heteroatoms. The van der Waals surface area contributed by atoms with Crippen LogP contribution in [0.4, 0.5) is 0 Å². The van der Waals surface area contributed by atoms with Gasteiger partial charge in [-0.1, -0.05) is 0 Å². The molecule has 0 fully saturated rings. The monoisotopic (exact) mass is 147 g/mol. The van der Waals surface area contributed by atoms with Crippen molar-refractivity contribution in [2.45, 2.75) is 13.8 Å². The van der Waals surface area contributed by atoms with Crippen LogP contribution in [0.3, 0.4) is 0 Å². The molecule has 1 N–H and O–H groups in total. The van der Waals surface area contributed by atoms with Crippen LogP contribution in [0, 0.1) is 25.2 Å². The van der Waals surface area contributed by atoms with Crippen molar-refractivity contribution in [3.8, 4) is 11.8 Å². The number of nitriles is 1. The highest BCUT2D eigenvalue weighted by atomic mass is 16.3. The molecule has 0 spiro atoms. The van der Waals surface area contributed by atoms with Gasteiger partial charge in [-0.15, -0.1) is 0 Å². The fourth-order valence-electron chi connectivity index (χ4n) is 0.890. The normalized spacial score (nSPS) is 9.18. The second-order valence-electron chi connectivity index (χ2n) is 2.57. The van der Waals surface area contributed by atoms with Crippen LogP contribution >= 0.6 is 0 Å². The molecule has 11 heavy (non-hydrogen) atoms. The second-order valence-corrected chi connectivity index (χ2v) is 2.57. The number of aromatic hydroxyl groups is 1. The second kappa shape index (κ2) is 2.63. The number of hydrogen-bond acceptors (Lipinski definition) is 2. The molecule has 1 rings (SSSR count). The SMILES string of the molecule is Cc1cc(O)c(C#N)cc1C. The highest BCUT2D eigenvalue weighted by Gasteiger charge is 2.01. The van der Waals surface area contributed by atoms with Crippen molar-refractivity contribution in [1.82, 2.24) is 0 Å². The Hall–Kier alpha value is -1.49. The molecular formula is C9H9NO. The fourth-order valence-corrected chi connectivity index (χ4v) is 0.890. The number of nitrogens with zero attached hydrogens (tertiary/aromatic N) is 1. The Morgan fingerprint density at radius 1 is 1.27 bits per heavy atom. The molecule has 0 atom stereocenters. The van der Waals surface area contributed by atoms with E-state index in [9.17, 15) is 5.11 Å². The van der Waals surface area contributed by atoms with Crippen LogP contribution in [0.25, 0.3) is 0 Å². The van der Waals surface area contributed by atoms with Gasteiger partial charge >= 0.3 is 0 Å². The van der Waals surface area contributed by atoms with E-state index in [1.807, 2.05) is 19.9 Å². The van der Waals surface area contributed by atoms with Crippen LogP contribution in [-0.2, 0) is 0 Å². The quantitative estimate of drug-likeness (QED) is 0.608. The predicted octanol–water partition coefficient (Wildman–Crippen LogP) is 1.88. The Morgan fingerprint density at radius 3 is 2.36 bits per heavy atom. The molecule has 0 aliphatic carbocycles.